The van der Waals surface area contributed by atoms with Crippen molar-refractivity contribution in [1.82, 2.24) is 14.3 Å². The fourth-order valence-electron chi connectivity index (χ4n) is 3.14. The summed E-state index contributed by atoms with van der Waals surface area (Å²) in [4.78, 5) is 12.5. The summed E-state index contributed by atoms with van der Waals surface area (Å²) >= 11 is 6.25. The molecule has 0 unspecified atom stereocenters. The fraction of sp³-hybridized carbons (Fsp3) is 0.0952. The topological polar surface area (TPSA) is 64.2 Å². The maximum atomic E-state index is 12.5. The molecule has 4 rings (SSSR count). The van der Waals surface area contributed by atoms with Crippen LogP contribution in [0, 0.1) is 6.92 Å². The van der Waals surface area contributed by atoms with E-state index >= 15 is 0 Å². The zero-order chi connectivity index (χ0) is 19.7. The molecule has 0 spiro atoms. The Kier molecular flexibility index (Phi) is 4.71. The van der Waals surface area contributed by atoms with Gasteiger partial charge in [0.2, 0.25) is 0 Å². The molecule has 0 aliphatic heterocycles. The van der Waals surface area contributed by atoms with E-state index in [0.717, 1.165) is 22.2 Å². The maximum Gasteiger partial charge on any atom is 0.292 e. The van der Waals surface area contributed by atoms with E-state index in [4.69, 9.17) is 11.6 Å². The van der Waals surface area contributed by atoms with Crippen LogP contribution >= 0.6 is 11.6 Å². The summed E-state index contributed by atoms with van der Waals surface area (Å²) in [6.45, 7) is 2.04. The third kappa shape index (κ3) is 3.08. The number of benzene rings is 2. The standard InChI is InChI=1S/C21H18ClN5O/c1-14-17(16-10-6-7-11-19(16)26(14)2)12-23-25-18-13-24-27(21(28)20(18)22)15-8-4-3-5-9-15/h3-13,25H,1-2H3/b23-12-. The first-order chi connectivity index (χ1) is 13.6. The third-order valence-corrected chi connectivity index (χ3v) is 5.11. The van der Waals surface area contributed by atoms with E-state index in [-0.39, 0.29) is 5.02 Å². The molecule has 0 bridgehead atoms. The van der Waals surface area contributed by atoms with Crippen molar-refractivity contribution in [3.8, 4) is 5.69 Å². The van der Waals surface area contributed by atoms with Crippen molar-refractivity contribution < 1.29 is 0 Å². The lowest BCUT2D eigenvalue weighted by Gasteiger charge is -2.07. The molecule has 0 atom stereocenters. The number of aryl methyl sites for hydroxylation is 1. The van der Waals surface area contributed by atoms with Gasteiger partial charge in [-0.3, -0.25) is 10.2 Å². The highest BCUT2D eigenvalue weighted by Crippen LogP contribution is 2.23. The van der Waals surface area contributed by atoms with Gasteiger partial charge in [0, 0.05) is 29.2 Å². The Hall–Kier alpha value is -3.38. The van der Waals surface area contributed by atoms with Gasteiger partial charge in [-0.1, -0.05) is 48.0 Å². The Morgan fingerprint density at radius 3 is 2.61 bits per heavy atom. The third-order valence-electron chi connectivity index (χ3n) is 4.75. The molecule has 1 N–H and O–H groups in total. The number of fused-ring (bicyclic) bond motifs is 1. The predicted molar refractivity (Wildman–Crippen MR) is 114 cm³/mol. The first kappa shape index (κ1) is 18.0. The van der Waals surface area contributed by atoms with Crippen LogP contribution in [0.1, 0.15) is 11.3 Å². The van der Waals surface area contributed by atoms with E-state index in [2.05, 4.69) is 32.3 Å². The average molecular weight is 392 g/mol. The molecule has 28 heavy (non-hydrogen) atoms. The van der Waals surface area contributed by atoms with Crippen LogP contribution in [0.4, 0.5) is 5.69 Å². The Balaban J connectivity index is 1.64. The van der Waals surface area contributed by atoms with Gasteiger partial charge in [0.1, 0.15) is 10.7 Å². The molecule has 2 aromatic heterocycles. The van der Waals surface area contributed by atoms with Crippen molar-refractivity contribution in [2.75, 3.05) is 5.43 Å². The minimum Gasteiger partial charge on any atom is -0.347 e. The van der Waals surface area contributed by atoms with Gasteiger partial charge in [-0.25, -0.2) is 0 Å². The molecule has 4 aromatic rings. The van der Waals surface area contributed by atoms with Crippen LogP contribution in [0.2, 0.25) is 5.02 Å². The zero-order valence-electron chi connectivity index (χ0n) is 15.4. The van der Waals surface area contributed by atoms with Crippen molar-refractivity contribution in [3.63, 3.8) is 0 Å². The minimum atomic E-state index is -0.408. The van der Waals surface area contributed by atoms with Gasteiger partial charge < -0.3 is 4.57 Å². The quantitative estimate of drug-likeness (QED) is 0.420. The lowest BCUT2D eigenvalue weighted by atomic mass is 10.1. The second kappa shape index (κ2) is 7.32. The zero-order valence-corrected chi connectivity index (χ0v) is 16.2. The van der Waals surface area contributed by atoms with Crippen LogP contribution in [-0.2, 0) is 7.05 Å². The van der Waals surface area contributed by atoms with Gasteiger partial charge in [-0.2, -0.15) is 14.9 Å². The SMILES string of the molecule is Cc1c(/C=N\Nc2cnn(-c3ccccc3)c(=O)c2Cl)c2ccccc2n1C. The largest absolute Gasteiger partial charge is 0.347 e. The summed E-state index contributed by atoms with van der Waals surface area (Å²) in [5.74, 6) is 0. The monoisotopic (exact) mass is 391 g/mol. The number of anilines is 1. The molecule has 2 heterocycles. The molecular formula is C21H18ClN5O. The number of hydrogen-bond donors (Lipinski definition) is 1. The molecule has 0 fully saturated rings. The van der Waals surface area contributed by atoms with E-state index in [1.807, 2.05) is 44.3 Å². The van der Waals surface area contributed by atoms with Gasteiger partial charge in [-0.05, 0) is 25.1 Å². The second-order valence-electron chi connectivity index (χ2n) is 6.37. The minimum absolute atomic E-state index is 0.0330. The van der Waals surface area contributed by atoms with Crippen LogP contribution in [0.5, 0.6) is 0 Å². The molecule has 0 saturated carbocycles. The van der Waals surface area contributed by atoms with Crippen molar-refractivity contribution in [3.05, 3.63) is 87.4 Å². The summed E-state index contributed by atoms with van der Waals surface area (Å²) in [5.41, 5.74) is 6.66. The molecule has 2 aromatic carbocycles. The fourth-order valence-corrected chi connectivity index (χ4v) is 3.31. The number of halogens is 1. The first-order valence-electron chi connectivity index (χ1n) is 8.74. The highest BCUT2D eigenvalue weighted by atomic mass is 35.5. The molecule has 0 aliphatic rings. The van der Waals surface area contributed by atoms with E-state index < -0.39 is 5.56 Å². The van der Waals surface area contributed by atoms with Crippen molar-refractivity contribution in [1.29, 1.82) is 0 Å². The summed E-state index contributed by atoms with van der Waals surface area (Å²) in [5, 5.41) is 9.61. The maximum absolute atomic E-state index is 12.5. The summed E-state index contributed by atoms with van der Waals surface area (Å²) in [6, 6.07) is 17.2. The summed E-state index contributed by atoms with van der Waals surface area (Å²) in [6.07, 6.45) is 3.22. The van der Waals surface area contributed by atoms with Crippen LogP contribution in [-0.4, -0.2) is 20.6 Å². The first-order valence-corrected chi connectivity index (χ1v) is 9.12. The Labute approximate surface area is 166 Å². The van der Waals surface area contributed by atoms with E-state index in [1.165, 1.54) is 10.9 Å². The predicted octanol–water partition coefficient (Wildman–Crippen LogP) is 4.13. The number of nitrogens with zero attached hydrogens (tertiary/aromatic N) is 4. The van der Waals surface area contributed by atoms with E-state index in [0.29, 0.717) is 11.4 Å². The molecule has 0 radical (unpaired) electrons. The van der Waals surface area contributed by atoms with Gasteiger partial charge in [0.05, 0.1) is 18.1 Å². The highest BCUT2D eigenvalue weighted by molar-refractivity contribution is 6.33. The molecule has 0 amide bonds. The average Bonchev–Trinajstić information content (AvgIpc) is 2.97. The second-order valence-corrected chi connectivity index (χ2v) is 6.75. The van der Waals surface area contributed by atoms with Gasteiger partial charge in [0.25, 0.3) is 5.56 Å². The Morgan fingerprint density at radius 2 is 1.82 bits per heavy atom. The molecule has 0 saturated heterocycles. The summed E-state index contributed by atoms with van der Waals surface area (Å²) < 4.78 is 3.37. The van der Waals surface area contributed by atoms with Crippen molar-refractivity contribution in [2.24, 2.45) is 12.1 Å². The summed E-state index contributed by atoms with van der Waals surface area (Å²) in [7, 11) is 2.02. The smallest absolute Gasteiger partial charge is 0.292 e. The van der Waals surface area contributed by atoms with Crippen LogP contribution in [0.15, 0.2) is 70.7 Å². The Bertz CT molecular complexity index is 1240. The molecule has 140 valence electrons. The van der Waals surface area contributed by atoms with Crippen molar-refractivity contribution >= 4 is 34.4 Å². The van der Waals surface area contributed by atoms with Crippen LogP contribution in [0.3, 0.4) is 0 Å². The van der Waals surface area contributed by atoms with Crippen molar-refractivity contribution in [2.45, 2.75) is 6.92 Å². The van der Waals surface area contributed by atoms with Gasteiger partial charge >= 0.3 is 0 Å². The normalized spacial score (nSPS) is 11.4. The van der Waals surface area contributed by atoms with E-state index in [1.54, 1.807) is 18.3 Å². The number of nitrogens with one attached hydrogen (secondary N) is 1. The number of hydrazone groups is 1. The lowest BCUT2D eigenvalue weighted by molar-refractivity contribution is 0.808. The number of para-hydroxylation sites is 2. The number of hydrogen-bond acceptors (Lipinski definition) is 4. The molecule has 0 aliphatic carbocycles. The van der Waals surface area contributed by atoms with Gasteiger partial charge in [0.15, 0.2) is 0 Å². The van der Waals surface area contributed by atoms with Crippen LogP contribution in [0.25, 0.3) is 16.6 Å². The number of aromatic nitrogens is 3. The molecular weight excluding hydrogens is 374 g/mol. The Morgan fingerprint density at radius 1 is 1.11 bits per heavy atom. The number of rotatable bonds is 4. The molecule has 7 heteroatoms. The lowest BCUT2D eigenvalue weighted by Crippen LogP contribution is -2.22. The van der Waals surface area contributed by atoms with Gasteiger partial charge in [-0.15, -0.1) is 0 Å². The van der Waals surface area contributed by atoms with E-state index in [9.17, 15) is 4.79 Å². The highest BCUT2D eigenvalue weighted by Gasteiger charge is 2.11. The van der Waals surface area contributed by atoms with Crippen LogP contribution < -0.4 is 11.0 Å². The molecule has 6 nitrogen and oxygen atoms in total.